The Morgan fingerprint density at radius 2 is 2.00 bits per heavy atom. The van der Waals surface area contributed by atoms with Crippen molar-refractivity contribution in [2.45, 2.75) is 52.0 Å². The number of rotatable bonds is 4. The Hall–Kier alpha value is -2.14. The number of aryl methyl sites for hydroxylation is 2. The summed E-state index contributed by atoms with van der Waals surface area (Å²) in [5.74, 6) is 0.605. The van der Waals surface area contributed by atoms with Crippen LogP contribution in [0.5, 0.6) is 0 Å². The van der Waals surface area contributed by atoms with E-state index in [4.69, 9.17) is 0 Å². The summed E-state index contributed by atoms with van der Waals surface area (Å²) in [4.78, 5) is 15.4. The fourth-order valence-electron chi connectivity index (χ4n) is 4.81. The molecule has 2 aliphatic heterocycles. The molecule has 2 aliphatic rings. The standard InChI is InChI=1S/C22H30N4O/c1-16-13-17(2)26(24-16)20-9-5-7-18(14-20)22(27)23-15-19-8-6-12-25-11-4-3-10-21(19)25/h5,7,9,13-14,19,21H,3-4,6,8,10-12,15H2,1-2H3,(H,23,27)/t19-,21+/m0/s1. The van der Waals surface area contributed by atoms with Gasteiger partial charge in [-0.05, 0) is 82.8 Å². The van der Waals surface area contributed by atoms with Crippen LogP contribution in [-0.4, -0.2) is 46.3 Å². The Bertz CT molecular complexity index is 810. The lowest BCUT2D eigenvalue weighted by Gasteiger charge is -2.44. The lowest BCUT2D eigenvalue weighted by Crippen LogP contribution is -2.51. The third-order valence-corrected chi connectivity index (χ3v) is 6.12. The van der Waals surface area contributed by atoms with Crippen molar-refractivity contribution in [2.75, 3.05) is 19.6 Å². The van der Waals surface area contributed by atoms with Gasteiger partial charge in [0.25, 0.3) is 5.91 Å². The fraction of sp³-hybridized carbons (Fsp3) is 0.545. The average Bonchev–Trinajstić information content (AvgIpc) is 3.04. The van der Waals surface area contributed by atoms with Crippen molar-refractivity contribution in [3.63, 3.8) is 0 Å². The van der Waals surface area contributed by atoms with Gasteiger partial charge in [-0.1, -0.05) is 12.5 Å². The van der Waals surface area contributed by atoms with Gasteiger partial charge in [0.15, 0.2) is 0 Å². The Kier molecular flexibility index (Phi) is 5.30. The molecule has 0 aliphatic carbocycles. The van der Waals surface area contributed by atoms with Crippen LogP contribution in [0.25, 0.3) is 5.69 Å². The number of hydrogen-bond acceptors (Lipinski definition) is 3. The summed E-state index contributed by atoms with van der Waals surface area (Å²) < 4.78 is 1.90. The number of aromatic nitrogens is 2. The molecule has 0 unspecified atom stereocenters. The van der Waals surface area contributed by atoms with Crippen LogP contribution in [0.2, 0.25) is 0 Å². The van der Waals surface area contributed by atoms with Gasteiger partial charge in [-0.15, -0.1) is 0 Å². The van der Waals surface area contributed by atoms with Crippen LogP contribution in [0, 0.1) is 19.8 Å². The van der Waals surface area contributed by atoms with E-state index in [-0.39, 0.29) is 5.91 Å². The number of piperidine rings is 2. The van der Waals surface area contributed by atoms with Crippen LogP contribution in [0.3, 0.4) is 0 Å². The summed E-state index contributed by atoms with van der Waals surface area (Å²) >= 11 is 0. The zero-order chi connectivity index (χ0) is 18.8. The molecule has 27 heavy (non-hydrogen) atoms. The van der Waals surface area contributed by atoms with Crippen LogP contribution < -0.4 is 5.32 Å². The van der Waals surface area contributed by atoms with Gasteiger partial charge in [0.2, 0.25) is 0 Å². The van der Waals surface area contributed by atoms with Gasteiger partial charge in [0, 0.05) is 23.8 Å². The predicted octanol–water partition coefficient (Wildman–Crippen LogP) is 3.48. The number of fused-ring (bicyclic) bond motifs is 1. The number of amides is 1. The first-order valence-electron chi connectivity index (χ1n) is 10.3. The molecule has 5 heteroatoms. The molecule has 2 saturated heterocycles. The summed E-state index contributed by atoms with van der Waals surface area (Å²) in [6.45, 7) is 7.27. The monoisotopic (exact) mass is 366 g/mol. The molecule has 2 fully saturated rings. The second-order valence-corrected chi connectivity index (χ2v) is 8.10. The van der Waals surface area contributed by atoms with E-state index in [0.717, 1.165) is 23.6 Å². The largest absolute Gasteiger partial charge is 0.352 e. The van der Waals surface area contributed by atoms with Crippen LogP contribution in [0.15, 0.2) is 30.3 Å². The molecule has 1 aromatic heterocycles. The van der Waals surface area contributed by atoms with Gasteiger partial charge in [-0.25, -0.2) is 4.68 Å². The van der Waals surface area contributed by atoms with Gasteiger partial charge in [-0.3, -0.25) is 4.79 Å². The number of hydrogen-bond donors (Lipinski definition) is 1. The third kappa shape index (κ3) is 3.93. The second-order valence-electron chi connectivity index (χ2n) is 8.10. The first-order chi connectivity index (χ1) is 13.1. The molecule has 0 spiro atoms. The van der Waals surface area contributed by atoms with Crippen molar-refractivity contribution >= 4 is 5.91 Å². The molecule has 2 atom stereocenters. The Labute approximate surface area is 161 Å². The van der Waals surface area contributed by atoms with Crippen molar-refractivity contribution in [1.29, 1.82) is 0 Å². The van der Waals surface area contributed by atoms with Crippen LogP contribution in [-0.2, 0) is 0 Å². The van der Waals surface area contributed by atoms with E-state index in [1.54, 1.807) is 0 Å². The van der Waals surface area contributed by atoms with Gasteiger partial charge in [0.1, 0.15) is 0 Å². The molecule has 2 aromatic rings. The fourth-order valence-corrected chi connectivity index (χ4v) is 4.81. The summed E-state index contributed by atoms with van der Waals surface area (Å²) in [5, 5.41) is 7.73. The summed E-state index contributed by atoms with van der Waals surface area (Å²) in [7, 11) is 0. The minimum absolute atomic E-state index is 0.0197. The van der Waals surface area contributed by atoms with Crippen LogP contribution in [0.1, 0.15) is 53.8 Å². The Morgan fingerprint density at radius 3 is 2.81 bits per heavy atom. The van der Waals surface area contributed by atoms with Gasteiger partial charge >= 0.3 is 0 Å². The lowest BCUT2D eigenvalue weighted by atomic mass is 9.83. The quantitative estimate of drug-likeness (QED) is 0.901. The second kappa shape index (κ2) is 7.85. The number of carbonyl (C=O) groups is 1. The SMILES string of the molecule is Cc1cc(C)n(-c2cccc(C(=O)NC[C@@H]3CCCN4CCCC[C@H]34)c2)n1. The van der Waals surface area contributed by atoms with Crippen molar-refractivity contribution in [1.82, 2.24) is 20.0 Å². The molecule has 0 radical (unpaired) electrons. The maximum Gasteiger partial charge on any atom is 0.251 e. The number of benzene rings is 1. The molecule has 144 valence electrons. The Balaban J connectivity index is 1.42. The highest BCUT2D eigenvalue weighted by molar-refractivity contribution is 5.94. The van der Waals surface area contributed by atoms with Gasteiger partial charge in [0.05, 0.1) is 11.4 Å². The molecule has 0 saturated carbocycles. The van der Waals surface area contributed by atoms with Crippen LogP contribution >= 0.6 is 0 Å². The van der Waals surface area contributed by atoms with Crippen molar-refractivity contribution < 1.29 is 4.79 Å². The highest BCUT2D eigenvalue weighted by Gasteiger charge is 2.32. The van der Waals surface area contributed by atoms with Gasteiger partial charge in [-0.2, -0.15) is 5.10 Å². The topological polar surface area (TPSA) is 50.2 Å². The van der Waals surface area contributed by atoms with Gasteiger partial charge < -0.3 is 10.2 Å². The lowest BCUT2D eigenvalue weighted by molar-refractivity contribution is 0.0575. The highest BCUT2D eigenvalue weighted by atomic mass is 16.1. The predicted molar refractivity (Wildman–Crippen MR) is 107 cm³/mol. The third-order valence-electron chi connectivity index (χ3n) is 6.12. The molecule has 4 rings (SSSR count). The van der Waals surface area contributed by atoms with Crippen molar-refractivity contribution in [2.24, 2.45) is 5.92 Å². The van der Waals surface area contributed by atoms with E-state index < -0.39 is 0 Å². The summed E-state index contributed by atoms with van der Waals surface area (Å²) in [6.07, 6.45) is 6.43. The summed E-state index contributed by atoms with van der Waals surface area (Å²) in [6, 6.07) is 10.5. The Morgan fingerprint density at radius 1 is 1.15 bits per heavy atom. The van der Waals surface area contributed by atoms with Crippen LogP contribution in [0.4, 0.5) is 0 Å². The van der Waals surface area contributed by atoms with E-state index in [1.807, 2.05) is 48.9 Å². The molecule has 1 N–H and O–H groups in total. The van der Waals surface area contributed by atoms with E-state index in [1.165, 1.54) is 45.2 Å². The molecule has 0 bridgehead atoms. The van der Waals surface area contributed by atoms with E-state index in [9.17, 15) is 4.79 Å². The average molecular weight is 367 g/mol. The summed E-state index contributed by atoms with van der Waals surface area (Å²) in [5.41, 5.74) is 3.70. The molecular formula is C22H30N4O. The minimum Gasteiger partial charge on any atom is -0.352 e. The van der Waals surface area contributed by atoms with E-state index in [0.29, 0.717) is 17.5 Å². The molecule has 1 aromatic carbocycles. The zero-order valence-electron chi connectivity index (χ0n) is 16.4. The highest BCUT2D eigenvalue weighted by Crippen LogP contribution is 2.30. The zero-order valence-corrected chi connectivity index (χ0v) is 16.4. The first kappa shape index (κ1) is 18.2. The molecule has 3 heterocycles. The van der Waals surface area contributed by atoms with Crippen molar-refractivity contribution in [3.8, 4) is 5.69 Å². The molecule has 5 nitrogen and oxygen atoms in total. The smallest absolute Gasteiger partial charge is 0.251 e. The van der Waals surface area contributed by atoms with E-state index >= 15 is 0 Å². The number of nitrogens with one attached hydrogen (secondary N) is 1. The maximum atomic E-state index is 12.8. The van der Waals surface area contributed by atoms with Crippen molar-refractivity contribution in [3.05, 3.63) is 47.3 Å². The normalized spacial score (nSPS) is 23.0. The molecular weight excluding hydrogens is 336 g/mol. The first-order valence-corrected chi connectivity index (χ1v) is 10.3. The minimum atomic E-state index is 0.0197. The number of nitrogens with zero attached hydrogens (tertiary/aromatic N) is 3. The number of carbonyl (C=O) groups excluding carboxylic acids is 1. The van der Waals surface area contributed by atoms with E-state index in [2.05, 4.69) is 15.3 Å². The maximum absolute atomic E-state index is 12.8. The molecule has 1 amide bonds.